The molecule has 0 aliphatic carbocycles. The molecule has 2 amide bonds. The highest BCUT2D eigenvalue weighted by atomic mass is 79.9. The van der Waals surface area contributed by atoms with Crippen molar-refractivity contribution in [2.45, 2.75) is 6.54 Å². The smallest absolute Gasteiger partial charge is 0.271 e. The number of hydrogen-bond donors (Lipinski definition) is 2. The van der Waals surface area contributed by atoms with Crippen molar-refractivity contribution in [3.63, 3.8) is 0 Å². The van der Waals surface area contributed by atoms with Crippen LogP contribution >= 0.6 is 43.2 Å². The summed E-state index contributed by atoms with van der Waals surface area (Å²) in [6.07, 6.45) is 4.95. The highest BCUT2D eigenvalue weighted by molar-refractivity contribution is 9.13. The fraction of sp³-hybridized carbons (Fsp3) is 0.200. The van der Waals surface area contributed by atoms with Gasteiger partial charge in [0.25, 0.3) is 11.8 Å². The first-order valence-electron chi connectivity index (χ1n) is 7.39. The van der Waals surface area contributed by atoms with Crippen LogP contribution in [0.1, 0.15) is 25.7 Å². The van der Waals surface area contributed by atoms with E-state index in [-0.39, 0.29) is 17.5 Å². The zero-order chi connectivity index (χ0) is 18.8. The molecule has 2 N–H and O–H groups in total. The van der Waals surface area contributed by atoms with Gasteiger partial charge in [-0.15, -0.1) is 11.3 Å². The molecule has 0 aliphatic rings. The summed E-state index contributed by atoms with van der Waals surface area (Å²) in [5, 5.41) is 13.7. The topological polar surface area (TPSA) is 93.8 Å². The van der Waals surface area contributed by atoms with Gasteiger partial charge < -0.3 is 10.6 Å². The number of aromatic nitrogens is 4. The van der Waals surface area contributed by atoms with Crippen molar-refractivity contribution < 1.29 is 9.59 Å². The average molecular weight is 502 g/mol. The molecule has 0 bridgehead atoms. The lowest BCUT2D eigenvalue weighted by atomic mass is 10.3. The molecule has 3 aromatic rings. The van der Waals surface area contributed by atoms with E-state index < -0.39 is 0 Å². The second-order valence-corrected chi connectivity index (χ2v) is 8.65. The Morgan fingerprint density at radius 2 is 1.96 bits per heavy atom. The zero-order valence-corrected chi connectivity index (χ0v) is 17.8. The first-order chi connectivity index (χ1) is 12.3. The first-order valence-corrected chi connectivity index (χ1v) is 9.79. The quantitative estimate of drug-likeness (QED) is 0.562. The number of thiophene rings is 1. The number of anilines is 1. The van der Waals surface area contributed by atoms with Gasteiger partial charge >= 0.3 is 0 Å². The SMILES string of the molecule is Cn1cc(CNC(=O)c2c(NC(=O)c3cc(Br)c(Br)s3)cnn2C)cn1. The minimum absolute atomic E-state index is 0.275. The molecular formula is C15H14Br2N6O2S. The Labute approximate surface area is 169 Å². The largest absolute Gasteiger partial charge is 0.346 e. The summed E-state index contributed by atoms with van der Waals surface area (Å²) in [6, 6.07) is 1.71. The van der Waals surface area contributed by atoms with Gasteiger partial charge in [0.2, 0.25) is 0 Å². The minimum Gasteiger partial charge on any atom is -0.346 e. The molecule has 0 atom stereocenters. The molecular weight excluding hydrogens is 488 g/mol. The van der Waals surface area contributed by atoms with Crippen molar-refractivity contribution >= 4 is 60.7 Å². The van der Waals surface area contributed by atoms with Crippen LogP contribution in [-0.2, 0) is 20.6 Å². The lowest BCUT2D eigenvalue weighted by Crippen LogP contribution is -2.26. The highest BCUT2D eigenvalue weighted by Gasteiger charge is 2.20. The predicted molar refractivity (Wildman–Crippen MR) is 105 cm³/mol. The standard InChI is InChI=1S/C15H14Br2N6O2S/c1-22-7-8(5-19-22)4-18-15(25)12-10(6-20-23(12)2)21-14(24)11-3-9(16)13(17)26-11/h3,5-7H,4H2,1-2H3,(H,18,25)(H,21,24). The number of hydrogen-bond acceptors (Lipinski definition) is 5. The van der Waals surface area contributed by atoms with Gasteiger partial charge in [0.05, 0.1) is 26.7 Å². The van der Waals surface area contributed by atoms with E-state index in [0.717, 1.165) is 13.8 Å². The Morgan fingerprint density at radius 1 is 1.19 bits per heavy atom. The fourth-order valence-electron chi connectivity index (χ4n) is 2.27. The summed E-state index contributed by atoms with van der Waals surface area (Å²) in [5.74, 6) is -0.645. The molecule has 0 saturated heterocycles. The summed E-state index contributed by atoms with van der Waals surface area (Å²) < 4.78 is 4.71. The lowest BCUT2D eigenvalue weighted by Gasteiger charge is -2.08. The summed E-state index contributed by atoms with van der Waals surface area (Å²) in [5.41, 5.74) is 1.50. The second kappa shape index (κ2) is 7.72. The third kappa shape index (κ3) is 4.05. The highest BCUT2D eigenvalue weighted by Crippen LogP contribution is 2.32. The molecule has 26 heavy (non-hydrogen) atoms. The van der Waals surface area contributed by atoms with Gasteiger partial charge in [-0.2, -0.15) is 10.2 Å². The van der Waals surface area contributed by atoms with Gasteiger partial charge in [0.15, 0.2) is 0 Å². The van der Waals surface area contributed by atoms with E-state index in [1.165, 1.54) is 22.2 Å². The molecule has 136 valence electrons. The van der Waals surface area contributed by atoms with Gasteiger partial charge in [-0.3, -0.25) is 19.0 Å². The number of nitrogens with zero attached hydrogens (tertiary/aromatic N) is 4. The Morgan fingerprint density at radius 3 is 2.58 bits per heavy atom. The number of halogens is 2. The molecule has 0 unspecified atom stereocenters. The molecule has 0 aromatic carbocycles. The van der Waals surface area contributed by atoms with Crippen LogP contribution in [0.5, 0.6) is 0 Å². The van der Waals surface area contributed by atoms with Crippen LogP contribution in [-0.4, -0.2) is 31.4 Å². The number of nitrogens with one attached hydrogen (secondary N) is 2. The Hall–Kier alpha value is -1.98. The molecule has 0 spiro atoms. The molecule has 0 saturated carbocycles. The molecule has 0 aliphatic heterocycles. The Balaban J connectivity index is 1.73. The normalized spacial score (nSPS) is 10.8. The number of amides is 2. The molecule has 0 fully saturated rings. The maximum absolute atomic E-state index is 12.5. The second-order valence-electron chi connectivity index (χ2n) is 5.42. The summed E-state index contributed by atoms with van der Waals surface area (Å²) in [6.45, 7) is 0.329. The van der Waals surface area contributed by atoms with Crippen LogP contribution in [0.3, 0.4) is 0 Å². The van der Waals surface area contributed by atoms with Crippen LogP contribution < -0.4 is 10.6 Å². The average Bonchev–Trinajstić information content (AvgIpc) is 3.26. The van der Waals surface area contributed by atoms with Crippen molar-refractivity contribution in [1.29, 1.82) is 0 Å². The summed E-state index contributed by atoms with van der Waals surface area (Å²) in [4.78, 5) is 25.5. The third-order valence-electron chi connectivity index (χ3n) is 3.48. The number of rotatable bonds is 5. The molecule has 8 nitrogen and oxygen atoms in total. The molecule has 3 heterocycles. The summed E-state index contributed by atoms with van der Waals surface area (Å²) >= 11 is 8.01. The van der Waals surface area contributed by atoms with Gasteiger partial charge in [-0.25, -0.2) is 0 Å². The Kier molecular flexibility index (Phi) is 5.58. The van der Waals surface area contributed by atoms with E-state index in [0.29, 0.717) is 17.1 Å². The maximum atomic E-state index is 12.5. The molecule has 3 aromatic heterocycles. The minimum atomic E-state index is -0.335. The maximum Gasteiger partial charge on any atom is 0.271 e. The van der Waals surface area contributed by atoms with E-state index >= 15 is 0 Å². The van der Waals surface area contributed by atoms with Gasteiger partial charge in [-0.1, -0.05) is 0 Å². The number of aryl methyl sites for hydroxylation is 2. The summed E-state index contributed by atoms with van der Waals surface area (Å²) in [7, 11) is 3.45. The molecule has 3 rings (SSSR count). The van der Waals surface area contributed by atoms with Crippen LogP contribution in [0.15, 0.2) is 32.9 Å². The van der Waals surface area contributed by atoms with Crippen molar-refractivity contribution in [1.82, 2.24) is 24.9 Å². The van der Waals surface area contributed by atoms with Gasteiger partial charge in [0.1, 0.15) is 5.69 Å². The van der Waals surface area contributed by atoms with E-state index in [9.17, 15) is 9.59 Å². The predicted octanol–water partition coefficient (Wildman–Crippen LogP) is 2.92. The zero-order valence-electron chi connectivity index (χ0n) is 13.8. The third-order valence-corrected chi connectivity index (χ3v) is 6.74. The van der Waals surface area contributed by atoms with Crippen LogP contribution in [0.2, 0.25) is 0 Å². The molecule has 0 radical (unpaired) electrons. The fourth-order valence-corrected chi connectivity index (χ4v) is 4.20. The van der Waals surface area contributed by atoms with Crippen molar-refractivity contribution in [3.8, 4) is 0 Å². The first kappa shape index (κ1) is 18.8. The number of carbonyl (C=O) groups is 2. The van der Waals surface area contributed by atoms with E-state index in [1.807, 2.05) is 6.20 Å². The molecule has 11 heteroatoms. The van der Waals surface area contributed by atoms with Crippen molar-refractivity contribution in [2.24, 2.45) is 14.1 Å². The van der Waals surface area contributed by atoms with Crippen molar-refractivity contribution in [2.75, 3.05) is 5.32 Å². The Bertz CT molecular complexity index is 957. The van der Waals surface area contributed by atoms with E-state index in [4.69, 9.17) is 0 Å². The van der Waals surface area contributed by atoms with Crippen LogP contribution in [0, 0.1) is 0 Å². The van der Waals surface area contributed by atoms with Crippen LogP contribution in [0.25, 0.3) is 0 Å². The van der Waals surface area contributed by atoms with E-state index in [1.54, 1.807) is 31.0 Å². The van der Waals surface area contributed by atoms with E-state index in [2.05, 4.69) is 52.7 Å². The monoisotopic (exact) mass is 500 g/mol. The van der Waals surface area contributed by atoms with Gasteiger partial charge in [-0.05, 0) is 37.9 Å². The van der Waals surface area contributed by atoms with Gasteiger partial charge in [0, 0.05) is 36.9 Å². The lowest BCUT2D eigenvalue weighted by molar-refractivity contribution is 0.0942. The van der Waals surface area contributed by atoms with Crippen LogP contribution in [0.4, 0.5) is 5.69 Å². The van der Waals surface area contributed by atoms with Crippen molar-refractivity contribution in [3.05, 3.63) is 49.1 Å². The number of carbonyl (C=O) groups excluding carboxylic acids is 2.